The average Bonchev–Trinajstić information content (AvgIpc) is 3.03. The summed E-state index contributed by atoms with van der Waals surface area (Å²) < 4.78 is 5.11. The van der Waals surface area contributed by atoms with Gasteiger partial charge >= 0.3 is 5.97 Å². The molecule has 2 aromatic heterocycles. The second-order valence-corrected chi connectivity index (χ2v) is 5.99. The first-order valence-corrected chi connectivity index (χ1v) is 7.63. The van der Waals surface area contributed by atoms with Gasteiger partial charge in [0, 0.05) is 17.4 Å². The maximum Gasteiger partial charge on any atom is 0.355 e. The Labute approximate surface area is 131 Å². The van der Waals surface area contributed by atoms with Crippen LogP contribution in [-0.4, -0.2) is 27.1 Å². The molecule has 2 heterocycles. The number of carboxylic acid groups (broad SMARTS) is 1. The van der Waals surface area contributed by atoms with Crippen molar-refractivity contribution < 1.29 is 19.2 Å². The number of carboxylic acids is 1. The fraction of sp³-hybridized carbons (Fsp3) is 0.429. The summed E-state index contributed by atoms with van der Waals surface area (Å²) in [5, 5.41) is 17.4. The van der Waals surface area contributed by atoms with Crippen LogP contribution in [0, 0.1) is 13.8 Å². The summed E-state index contributed by atoms with van der Waals surface area (Å²) in [6.07, 6.45) is 0.306. The number of hydrogen-bond acceptors (Lipinski definition) is 6. The zero-order valence-corrected chi connectivity index (χ0v) is 13.4. The van der Waals surface area contributed by atoms with Crippen molar-refractivity contribution in [1.29, 1.82) is 0 Å². The van der Waals surface area contributed by atoms with Gasteiger partial charge in [0.25, 0.3) is 0 Å². The minimum absolute atomic E-state index is 0.00154. The first-order chi connectivity index (χ1) is 10.4. The zero-order chi connectivity index (χ0) is 16.3. The lowest BCUT2D eigenvalue weighted by Gasteiger charge is -2.10. The van der Waals surface area contributed by atoms with Crippen LogP contribution < -0.4 is 5.32 Å². The Balaban J connectivity index is 1.88. The van der Waals surface area contributed by atoms with E-state index in [0.29, 0.717) is 11.4 Å². The fourth-order valence-corrected chi connectivity index (χ4v) is 3.02. The molecule has 0 aromatic carbocycles. The number of nitrogens with zero attached hydrogens (tertiary/aromatic N) is 2. The van der Waals surface area contributed by atoms with Gasteiger partial charge in [-0.15, -0.1) is 11.3 Å². The number of aromatic carboxylic acids is 1. The number of carbonyl (C=O) groups excluding carboxylic acids is 1. The zero-order valence-electron chi connectivity index (χ0n) is 12.5. The van der Waals surface area contributed by atoms with Crippen molar-refractivity contribution in [3.05, 3.63) is 33.1 Å². The van der Waals surface area contributed by atoms with E-state index in [1.165, 1.54) is 16.7 Å². The van der Waals surface area contributed by atoms with E-state index in [1.54, 1.807) is 0 Å². The number of nitrogens with one attached hydrogen (secondary N) is 1. The third-order valence-corrected chi connectivity index (χ3v) is 4.13. The molecule has 0 spiro atoms. The van der Waals surface area contributed by atoms with Crippen LogP contribution in [0.5, 0.6) is 0 Å². The largest absolute Gasteiger partial charge is 0.476 e. The number of rotatable bonds is 6. The predicted octanol–water partition coefficient (Wildman–Crippen LogP) is 2.26. The highest BCUT2D eigenvalue weighted by Gasteiger charge is 2.19. The SMILES string of the molecule is Cc1noc(C)c1C(C)CC(=O)NCc1nc(C(=O)O)cs1. The summed E-state index contributed by atoms with van der Waals surface area (Å²) >= 11 is 1.21. The number of carbonyl (C=O) groups is 2. The maximum absolute atomic E-state index is 12.0. The van der Waals surface area contributed by atoms with Crippen molar-refractivity contribution in [2.75, 3.05) is 0 Å². The predicted molar refractivity (Wildman–Crippen MR) is 79.9 cm³/mol. The minimum atomic E-state index is -1.07. The van der Waals surface area contributed by atoms with Gasteiger partial charge in [0.2, 0.25) is 5.91 Å². The molecule has 2 rings (SSSR count). The van der Waals surface area contributed by atoms with E-state index in [0.717, 1.165) is 17.0 Å². The van der Waals surface area contributed by atoms with E-state index in [2.05, 4.69) is 15.5 Å². The van der Waals surface area contributed by atoms with E-state index >= 15 is 0 Å². The topological polar surface area (TPSA) is 105 Å². The van der Waals surface area contributed by atoms with Gasteiger partial charge in [-0.2, -0.15) is 0 Å². The van der Waals surface area contributed by atoms with E-state index in [4.69, 9.17) is 9.63 Å². The van der Waals surface area contributed by atoms with Crippen LogP contribution in [0.3, 0.4) is 0 Å². The summed E-state index contributed by atoms with van der Waals surface area (Å²) in [7, 11) is 0. The first kappa shape index (κ1) is 16.2. The highest BCUT2D eigenvalue weighted by atomic mass is 32.1. The summed E-state index contributed by atoms with van der Waals surface area (Å²) in [5.74, 6) is -0.471. The van der Waals surface area contributed by atoms with Crippen LogP contribution >= 0.6 is 11.3 Å². The van der Waals surface area contributed by atoms with Crippen molar-refractivity contribution in [3.63, 3.8) is 0 Å². The quantitative estimate of drug-likeness (QED) is 0.844. The molecule has 0 bridgehead atoms. The first-order valence-electron chi connectivity index (χ1n) is 6.75. The van der Waals surface area contributed by atoms with Gasteiger partial charge in [-0.3, -0.25) is 4.79 Å². The number of amides is 1. The van der Waals surface area contributed by atoms with Crippen molar-refractivity contribution in [3.8, 4) is 0 Å². The normalized spacial score (nSPS) is 12.1. The van der Waals surface area contributed by atoms with Crippen molar-refractivity contribution in [2.24, 2.45) is 0 Å². The van der Waals surface area contributed by atoms with Crippen molar-refractivity contribution in [1.82, 2.24) is 15.5 Å². The molecule has 8 heteroatoms. The lowest BCUT2D eigenvalue weighted by atomic mass is 9.96. The second-order valence-electron chi connectivity index (χ2n) is 5.05. The standard InChI is InChI=1S/C14H17N3O4S/c1-7(13-8(2)17-21-9(13)3)4-11(18)15-5-12-16-10(6-22-12)14(19)20/h6-7H,4-5H2,1-3H3,(H,15,18)(H,19,20). The van der Waals surface area contributed by atoms with E-state index in [9.17, 15) is 9.59 Å². The summed E-state index contributed by atoms with van der Waals surface area (Å²) in [4.78, 5) is 26.6. The Hall–Kier alpha value is -2.22. The number of aromatic nitrogens is 2. The maximum atomic E-state index is 12.0. The van der Waals surface area contributed by atoms with Crippen LogP contribution in [0.4, 0.5) is 0 Å². The van der Waals surface area contributed by atoms with E-state index < -0.39 is 5.97 Å². The van der Waals surface area contributed by atoms with Crippen LogP contribution in [0.2, 0.25) is 0 Å². The number of hydrogen-bond donors (Lipinski definition) is 2. The van der Waals surface area contributed by atoms with Gasteiger partial charge in [0.1, 0.15) is 10.8 Å². The Bertz CT molecular complexity index is 673. The molecule has 2 aromatic rings. The second kappa shape index (κ2) is 6.69. The number of thiazole rings is 1. The van der Waals surface area contributed by atoms with Gasteiger partial charge in [-0.1, -0.05) is 12.1 Å². The van der Waals surface area contributed by atoms with Gasteiger partial charge < -0.3 is 14.9 Å². The molecule has 0 saturated carbocycles. The molecule has 0 fully saturated rings. The molecular formula is C14H17N3O4S. The monoisotopic (exact) mass is 323 g/mol. The van der Waals surface area contributed by atoms with Crippen LogP contribution in [0.25, 0.3) is 0 Å². The van der Waals surface area contributed by atoms with Crippen LogP contribution in [-0.2, 0) is 11.3 Å². The molecule has 2 N–H and O–H groups in total. The van der Waals surface area contributed by atoms with Gasteiger partial charge in [0.15, 0.2) is 5.69 Å². The molecule has 118 valence electrons. The Morgan fingerprint density at radius 1 is 1.45 bits per heavy atom. The molecular weight excluding hydrogens is 306 g/mol. The minimum Gasteiger partial charge on any atom is -0.476 e. The lowest BCUT2D eigenvalue weighted by molar-refractivity contribution is -0.121. The van der Waals surface area contributed by atoms with Gasteiger partial charge in [-0.25, -0.2) is 9.78 Å². The molecule has 7 nitrogen and oxygen atoms in total. The van der Waals surface area contributed by atoms with Crippen LogP contribution in [0.1, 0.15) is 51.8 Å². The van der Waals surface area contributed by atoms with E-state index in [-0.39, 0.29) is 24.1 Å². The molecule has 1 unspecified atom stereocenters. The highest BCUT2D eigenvalue weighted by Crippen LogP contribution is 2.25. The van der Waals surface area contributed by atoms with Crippen LogP contribution in [0.15, 0.2) is 9.90 Å². The Kier molecular flexibility index (Phi) is 4.92. The summed E-state index contributed by atoms with van der Waals surface area (Å²) in [6.45, 7) is 5.85. The third-order valence-electron chi connectivity index (χ3n) is 3.28. The van der Waals surface area contributed by atoms with Crippen molar-refractivity contribution in [2.45, 2.75) is 39.7 Å². The highest BCUT2D eigenvalue weighted by molar-refractivity contribution is 7.09. The third kappa shape index (κ3) is 3.70. The molecule has 1 amide bonds. The fourth-order valence-electron chi connectivity index (χ4n) is 2.31. The lowest BCUT2D eigenvalue weighted by Crippen LogP contribution is -2.24. The number of aryl methyl sites for hydroxylation is 2. The van der Waals surface area contributed by atoms with Crippen molar-refractivity contribution >= 4 is 23.2 Å². The molecule has 22 heavy (non-hydrogen) atoms. The summed E-state index contributed by atoms with van der Waals surface area (Å²) in [6, 6.07) is 0. The van der Waals surface area contributed by atoms with Gasteiger partial charge in [0.05, 0.1) is 12.2 Å². The summed E-state index contributed by atoms with van der Waals surface area (Å²) in [5.41, 5.74) is 1.75. The molecule has 1 atom stereocenters. The van der Waals surface area contributed by atoms with E-state index in [1.807, 2.05) is 20.8 Å². The Morgan fingerprint density at radius 3 is 2.73 bits per heavy atom. The molecule has 0 aliphatic heterocycles. The molecule has 0 saturated heterocycles. The Morgan fingerprint density at radius 2 is 2.18 bits per heavy atom. The average molecular weight is 323 g/mol. The molecule has 0 aliphatic carbocycles. The molecule has 0 radical (unpaired) electrons. The smallest absolute Gasteiger partial charge is 0.355 e. The van der Waals surface area contributed by atoms with Gasteiger partial charge in [-0.05, 0) is 19.8 Å². The molecule has 0 aliphatic rings.